The van der Waals surface area contributed by atoms with Crippen LogP contribution in [0.2, 0.25) is 0 Å². The van der Waals surface area contributed by atoms with E-state index in [4.69, 9.17) is 4.42 Å². The zero-order valence-electron chi connectivity index (χ0n) is 13.4. The minimum absolute atomic E-state index is 0.272. The molecular formula is C19H14N4O2. The first kappa shape index (κ1) is 15.0. The maximum absolute atomic E-state index is 12.2. The number of anilines is 1. The number of carbonyl (C=O) groups is 1. The van der Waals surface area contributed by atoms with Crippen LogP contribution in [-0.2, 0) is 0 Å². The first-order chi connectivity index (χ1) is 12.2. The topological polar surface area (TPSA) is 80.9 Å². The number of aryl methyl sites for hydroxylation is 1. The highest BCUT2D eigenvalue weighted by Gasteiger charge is 2.10. The number of fused-ring (bicyclic) bond motifs is 1. The summed E-state index contributed by atoms with van der Waals surface area (Å²) in [6, 6.07) is 14.9. The van der Waals surface area contributed by atoms with Gasteiger partial charge in [0.05, 0.1) is 11.9 Å². The quantitative estimate of drug-likeness (QED) is 0.617. The summed E-state index contributed by atoms with van der Waals surface area (Å²) in [7, 11) is 0. The highest BCUT2D eigenvalue weighted by molar-refractivity contribution is 6.02. The fourth-order valence-electron chi connectivity index (χ4n) is 2.40. The zero-order valence-corrected chi connectivity index (χ0v) is 13.4. The summed E-state index contributed by atoms with van der Waals surface area (Å²) < 4.78 is 5.74. The Balaban J connectivity index is 1.53. The third kappa shape index (κ3) is 3.10. The molecule has 6 heteroatoms. The van der Waals surface area contributed by atoms with Crippen molar-refractivity contribution in [2.75, 3.05) is 5.32 Å². The van der Waals surface area contributed by atoms with Gasteiger partial charge in [0.2, 0.25) is 5.89 Å². The second-order valence-electron chi connectivity index (χ2n) is 5.56. The number of nitrogens with one attached hydrogen (secondary N) is 1. The molecule has 0 fully saturated rings. The summed E-state index contributed by atoms with van der Waals surface area (Å²) in [5, 5.41) is 2.79. The van der Waals surface area contributed by atoms with Crippen molar-refractivity contribution in [2.24, 2.45) is 0 Å². The van der Waals surface area contributed by atoms with Gasteiger partial charge in [-0.05, 0) is 43.3 Å². The molecule has 0 radical (unpaired) electrons. The molecule has 2 aromatic carbocycles. The van der Waals surface area contributed by atoms with Crippen molar-refractivity contribution >= 4 is 22.7 Å². The third-order valence-electron chi connectivity index (χ3n) is 3.70. The lowest BCUT2D eigenvalue weighted by atomic mass is 10.2. The van der Waals surface area contributed by atoms with Crippen molar-refractivity contribution < 1.29 is 9.21 Å². The van der Waals surface area contributed by atoms with E-state index < -0.39 is 0 Å². The van der Waals surface area contributed by atoms with Gasteiger partial charge in [-0.1, -0.05) is 12.1 Å². The zero-order chi connectivity index (χ0) is 17.2. The van der Waals surface area contributed by atoms with E-state index in [2.05, 4.69) is 20.3 Å². The van der Waals surface area contributed by atoms with Crippen LogP contribution < -0.4 is 5.32 Å². The number of nitrogens with zero attached hydrogens (tertiary/aromatic N) is 3. The molecule has 0 aliphatic heterocycles. The molecule has 6 nitrogen and oxygen atoms in total. The Morgan fingerprint density at radius 3 is 2.52 bits per heavy atom. The molecule has 0 atom stereocenters. The van der Waals surface area contributed by atoms with Crippen LogP contribution in [-0.4, -0.2) is 20.9 Å². The molecule has 4 rings (SSSR count). The Morgan fingerprint density at radius 2 is 1.80 bits per heavy atom. The fraction of sp³-hybridized carbons (Fsp3) is 0.0526. The normalized spacial score (nSPS) is 10.8. The van der Waals surface area contributed by atoms with Crippen molar-refractivity contribution in [1.82, 2.24) is 15.0 Å². The molecule has 2 aromatic heterocycles. The van der Waals surface area contributed by atoms with Crippen molar-refractivity contribution in [3.8, 4) is 11.5 Å². The van der Waals surface area contributed by atoms with Gasteiger partial charge >= 0.3 is 0 Å². The molecule has 1 N–H and O–H groups in total. The van der Waals surface area contributed by atoms with E-state index >= 15 is 0 Å². The molecule has 1 amide bonds. The number of aromatic nitrogens is 3. The second kappa shape index (κ2) is 6.16. The van der Waals surface area contributed by atoms with Crippen molar-refractivity contribution in [1.29, 1.82) is 0 Å². The van der Waals surface area contributed by atoms with Crippen LogP contribution in [0.3, 0.4) is 0 Å². The summed E-state index contributed by atoms with van der Waals surface area (Å²) in [4.78, 5) is 24.7. The van der Waals surface area contributed by atoms with Gasteiger partial charge in [-0.3, -0.25) is 9.78 Å². The molecule has 0 aliphatic carbocycles. The number of oxazole rings is 1. The van der Waals surface area contributed by atoms with Gasteiger partial charge in [-0.25, -0.2) is 9.97 Å². The Kier molecular flexibility index (Phi) is 3.70. The van der Waals surface area contributed by atoms with Gasteiger partial charge < -0.3 is 9.73 Å². The molecule has 0 unspecified atom stereocenters. The van der Waals surface area contributed by atoms with Gasteiger partial charge in [0.25, 0.3) is 5.91 Å². The predicted molar refractivity (Wildman–Crippen MR) is 94.2 cm³/mol. The number of hydrogen-bond donors (Lipinski definition) is 1. The molecular weight excluding hydrogens is 316 g/mol. The first-order valence-electron chi connectivity index (χ1n) is 7.75. The smallest absolute Gasteiger partial charge is 0.275 e. The van der Waals surface area contributed by atoms with E-state index in [1.165, 1.54) is 6.20 Å². The molecule has 122 valence electrons. The Morgan fingerprint density at radius 1 is 1.00 bits per heavy atom. The Labute approximate surface area is 143 Å². The van der Waals surface area contributed by atoms with E-state index in [9.17, 15) is 4.79 Å². The fourth-order valence-corrected chi connectivity index (χ4v) is 2.40. The van der Waals surface area contributed by atoms with Gasteiger partial charge in [-0.15, -0.1) is 0 Å². The molecule has 0 bridgehead atoms. The summed E-state index contributed by atoms with van der Waals surface area (Å²) in [5.41, 5.74) is 4.09. The Bertz CT molecular complexity index is 1000. The number of hydrogen-bond acceptors (Lipinski definition) is 5. The van der Waals surface area contributed by atoms with Crippen LogP contribution in [0.1, 0.15) is 16.2 Å². The minimum Gasteiger partial charge on any atom is -0.436 e. The lowest BCUT2D eigenvalue weighted by Gasteiger charge is -2.05. The maximum Gasteiger partial charge on any atom is 0.275 e. The lowest BCUT2D eigenvalue weighted by molar-refractivity contribution is 0.102. The van der Waals surface area contributed by atoms with Gasteiger partial charge in [-0.2, -0.15) is 0 Å². The summed E-state index contributed by atoms with van der Waals surface area (Å²) in [6.07, 6.45) is 3.02. The van der Waals surface area contributed by atoms with Crippen molar-refractivity contribution in [2.45, 2.75) is 6.92 Å². The lowest BCUT2D eigenvalue weighted by Crippen LogP contribution is -2.14. The predicted octanol–water partition coefficient (Wildman–Crippen LogP) is 3.85. The van der Waals surface area contributed by atoms with Gasteiger partial charge in [0.1, 0.15) is 11.2 Å². The number of amides is 1. The molecule has 0 spiro atoms. The highest BCUT2D eigenvalue weighted by atomic mass is 16.3. The highest BCUT2D eigenvalue weighted by Crippen LogP contribution is 2.25. The molecule has 2 heterocycles. The first-order valence-corrected chi connectivity index (χ1v) is 7.75. The molecule has 0 aliphatic rings. The van der Waals surface area contributed by atoms with E-state index in [-0.39, 0.29) is 11.6 Å². The average Bonchev–Trinajstić information content (AvgIpc) is 3.07. The van der Waals surface area contributed by atoms with Gasteiger partial charge in [0, 0.05) is 17.4 Å². The van der Waals surface area contributed by atoms with E-state index in [0.29, 0.717) is 11.6 Å². The Hall–Kier alpha value is -3.54. The summed E-state index contributed by atoms with van der Waals surface area (Å²) in [6.45, 7) is 1.82. The molecule has 0 saturated carbocycles. The number of para-hydroxylation sites is 2. The van der Waals surface area contributed by atoms with Crippen molar-refractivity contribution in [3.63, 3.8) is 0 Å². The van der Waals surface area contributed by atoms with Gasteiger partial charge in [0.15, 0.2) is 5.58 Å². The van der Waals surface area contributed by atoms with Crippen molar-refractivity contribution in [3.05, 3.63) is 72.3 Å². The van der Waals surface area contributed by atoms with Crippen LogP contribution in [0.25, 0.3) is 22.6 Å². The SMILES string of the molecule is Cc1cnc(C(=O)Nc2ccc(-c3nc4ccccc4o3)cc2)cn1. The van der Waals surface area contributed by atoms with E-state index in [0.717, 1.165) is 22.4 Å². The van der Waals surface area contributed by atoms with Crippen LogP contribution in [0.15, 0.2) is 65.3 Å². The van der Waals surface area contributed by atoms with Crippen LogP contribution in [0.5, 0.6) is 0 Å². The molecule has 25 heavy (non-hydrogen) atoms. The number of benzene rings is 2. The van der Waals surface area contributed by atoms with E-state index in [1.54, 1.807) is 18.3 Å². The average molecular weight is 330 g/mol. The molecule has 4 aromatic rings. The van der Waals surface area contributed by atoms with Crippen LogP contribution >= 0.6 is 0 Å². The monoisotopic (exact) mass is 330 g/mol. The number of carbonyl (C=O) groups excluding carboxylic acids is 1. The van der Waals surface area contributed by atoms with Crippen LogP contribution in [0.4, 0.5) is 5.69 Å². The second-order valence-corrected chi connectivity index (χ2v) is 5.56. The van der Waals surface area contributed by atoms with Crippen LogP contribution in [0, 0.1) is 6.92 Å². The largest absolute Gasteiger partial charge is 0.436 e. The standard InChI is InChI=1S/C19H14N4O2/c1-12-10-21-16(11-20-12)18(24)22-14-8-6-13(7-9-14)19-23-15-4-2-3-5-17(15)25-19/h2-11H,1H3,(H,22,24). The number of rotatable bonds is 3. The van der Waals surface area contributed by atoms with E-state index in [1.807, 2.05) is 43.3 Å². The third-order valence-corrected chi connectivity index (χ3v) is 3.70. The summed E-state index contributed by atoms with van der Waals surface area (Å²) in [5.74, 6) is 0.241. The molecule has 0 saturated heterocycles. The maximum atomic E-state index is 12.2. The summed E-state index contributed by atoms with van der Waals surface area (Å²) >= 11 is 0. The minimum atomic E-state index is -0.304.